The number of rotatable bonds is 5. The lowest BCUT2D eigenvalue weighted by molar-refractivity contribution is 0.309. The monoisotopic (exact) mass is 556 g/mol. The molecule has 4 aromatic rings. The Kier molecular flexibility index (Phi) is 6.26. The smallest absolute Gasteiger partial charge is 0.244 e. The van der Waals surface area contributed by atoms with Crippen molar-refractivity contribution in [2.45, 2.75) is 30.7 Å². The predicted octanol–water partition coefficient (Wildman–Crippen LogP) is 3.71. The number of benzene rings is 2. The van der Waals surface area contributed by atoms with Gasteiger partial charge in [-0.25, -0.2) is 19.2 Å². The van der Waals surface area contributed by atoms with Crippen LogP contribution in [-0.2, 0) is 10.0 Å². The Hall–Kier alpha value is -2.99. The van der Waals surface area contributed by atoms with Crippen LogP contribution in [0.25, 0.3) is 16.9 Å². The number of fused-ring (bicyclic) bond motifs is 1. The largest absolute Gasteiger partial charge is 0.507 e. The van der Waals surface area contributed by atoms with Gasteiger partial charge in [-0.05, 0) is 60.0 Å². The van der Waals surface area contributed by atoms with Crippen LogP contribution in [0.15, 0.2) is 70.2 Å². The number of sulfonamides is 1. The lowest BCUT2D eigenvalue weighted by Gasteiger charge is -2.36. The number of phenolic OH excluding ortho intramolecular Hbond substituents is 1. The molecule has 0 atom stereocenters. The summed E-state index contributed by atoms with van der Waals surface area (Å²) in [6, 6.07) is 15.6. The average molecular weight is 557 g/mol. The predicted molar refractivity (Wildman–Crippen MR) is 137 cm³/mol. The van der Waals surface area contributed by atoms with Gasteiger partial charge in [0.05, 0.1) is 16.8 Å². The first kappa shape index (κ1) is 23.7. The topological polar surface area (TPSA) is 117 Å². The number of anilines is 1. The summed E-state index contributed by atoms with van der Waals surface area (Å²) in [7, 11) is -3.61. The molecule has 0 saturated carbocycles. The summed E-state index contributed by atoms with van der Waals surface area (Å²) in [4.78, 5) is 4.97. The second kappa shape index (κ2) is 9.23. The third-order valence-corrected chi connectivity index (χ3v) is 9.26. The van der Waals surface area contributed by atoms with E-state index in [0.717, 1.165) is 5.56 Å². The van der Waals surface area contributed by atoms with E-state index < -0.39 is 10.0 Å². The van der Waals surface area contributed by atoms with E-state index in [-0.39, 0.29) is 16.7 Å². The van der Waals surface area contributed by atoms with Gasteiger partial charge in [0, 0.05) is 40.8 Å². The maximum atomic E-state index is 13.2. The number of hydrogen-bond donors (Lipinski definition) is 2. The number of phenols is 1. The zero-order valence-electron chi connectivity index (χ0n) is 19.0. The van der Waals surface area contributed by atoms with Crippen LogP contribution in [0.1, 0.15) is 18.4 Å². The molecule has 0 unspecified atom stereocenters. The molecule has 9 nitrogen and oxygen atoms in total. The molecule has 0 amide bonds. The molecule has 0 bridgehead atoms. The quantitative estimate of drug-likeness (QED) is 0.284. The molecule has 0 radical (unpaired) electrons. The highest BCUT2D eigenvalue weighted by Crippen LogP contribution is 2.33. The molecule has 11 heteroatoms. The Labute approximate surface area is 212 Å². The van der Waals surface area contributed by atoms with Crippen LogP contribution in [0.2, 0.25) is 0 Å². The second-order valence-electron chi connectivity index (χ2n) is 8.55. The van der Waals surface area contributed by atoms with Gasteiger partial charge in [0.25, 0.3) is 0 Å². The number of aromatic hydroxyl groups is 1. The fourth-order valence-corrected chi connectivity index (χ4v) is 6.84. The summed E-state index contributed by atoms with van der Waals surface area (Å²) in [5, 5.41) is 16.5. The van der Waals surface area contributed by atoms with Crippen molar-refractivity contribution < 1.29 is 13.5 Å². The number of aromatic nitrogens is 3. The van der Waals surface area contributed by atoms with Gasteiger partial charge in [-0.2, -0.15) is 13.9 Å². The molecule has 2 aromatic heterocycles. The van der Waals surface area contributed by atoms with Gasteiger partial charge in [-0.15, -0.1) is 0 Å². The molecule has 3 heterocycles. The van der Waals surface area contributed by atoms with Crippen LogP contribution in [0.3, 0.4) is 0 Å². The van der Waals surface area contributed by atoms with E-state index in [0.29, 0.717) is 53.1 Å². The van der Waals surface area contributed by atoms with Crippen LogP contribution in [0, 0.1) is 6.92 Å². The Bertz CT molecular complexity index is 1500. The molecule has 2 aromatic carbocycles. The number of halogens is 1. The molecule has 1 aliphatic heterocycles. The molecule has 1 fully saturated rings. The lowest BCUT2D eigenvalue weighted by atomic mass is 10.1. The summed E-state index contributed by atoms with van der Waals surface area (Å²) in [6.45, 7) is 2.61. The number of hydrazine groups is 1. The van der Waals surface area contributed by atoms with Crippen molar-refractivity contribution in [1.29, 1.82) is 0 Å². The zero-order valence-corrected chi connectivity index (χ0v) is 21.4. The van der Waals surface area contributed by atoms with E-state index in [2.05, 4.69) is 21.0 Å². The molecule has 3 N–H and O–H groups in total. The zero-order chi connectivity index (χ0) is 24.7. The minimum Gasteiger partial charge on any atom is -0.507 e. The minimum atomic E-state index is -3.61. The van der Waals surface area contributed by atoms with E-state index >= 15 is 0 Å². The first-order chi connectivity index (χ1) is 16.8. The summed E-state index contributed by atoms with van der Waals surface area (Å²) in [5.74, 6) is 7.37. The Morgan fingerprint density at radius 2 is 1.80 bits per heavy atom. The Morgan fingerprint density at radius 1 is 1.11 bits per heavy atom. The third-order valence-electron chi connectivity index (χ3n) is 6.35. The van der Waals surface area contributed by atoms with Crippen LogP contribution in [-0.4, -0.2) is 51.6 Å². The van der Waals surface area contributed by atoms with Gasteiger partial charge < -0.3 is 5.11 Å². The van der Waals surface area contributed by atoms with Gasteiger partial charge in [-0.3, -0.25) is 5.01 Å². The summed E-state index contributed by atoms with van der Waals surface area (Å²) in [5.41, 5.74) is 2.70. The number of piperidine rings is 1. The third kappa shape index (κ3) is 4.29. The maximum Gasteiger partial charge on any atom is 0.244 e. The highest BCUT2D eigenvalue weighted by molar-refractivity contribution is 9.10. The fraction of sp³-hybridized carbons (Fsp3) is 0.250. The molecule has 0 aliphatic carbocycles. The molecule has 0 spiro atoms. The van der Waals surface area contributed by atoms with Gasteiger partial charge >= 0.3 is 0 Å². The van der Waals surface area contributed by atoms with Gasteiger partial charge in [-0.1, -0.05) is 24.3 Å². The van der Waals surface area contributed by atoms with Gasteiger partial charge in [0.1, 0.15) is 11.6 Å². The number of nitrogens with two attached hydrogens (primary N) is 1. The van der Waals surface area contributed by atoms with Crippen molar-refractivity contribution in [2.24, 2.45) is 5.84 Å². The van der Waals surface area contributed by atoms with E-state index in [1.165, 1.54) is 4.31 Å². The number of hydrogen-bond acceptors (Lipinski definition) is 7. The standard InChI is InChI=1S/C24H25BrN6O3S/c1-16-15-27-31-23(14-20(28-24(16)31)18-6-2-4-8-21(18)32)30(26)17-10-12-29(13-11-17)35(33,34)22-9-5-3-7-19(22)25/h2-9,14-15,17,32H,10-13,26H2,1H3. The van der Waals surface area contributed by atoms with Crippen LogP contribution >= 0.6 is 15.9 Å². The molecule has 5 rings (SSSR count). The fourth-order valence-electron chi connectivity index (χ4n) is 4.41. The normalized spacial score (nSPS) is 15.5. The Morgan fingerprint density at radius 3 is 2.51 bits per heavy atom. The first-order valence-electron chi connectivity index (χ1n) is 11.2. The van der Waals surface area contributed by atoms with E-state index in [9.17, 15) is 13.5 Å². The van der Waals surface area contributed by atoms with Gasteiger partial charge in [0.2, 0.25) is 10.0 Å². The molecular formula is C24H25BrN6O3S. The van der Waals surface area contributed by atoms with E-state index in [4.69, 9.17) is 10.8 Å². The first-order valence-corrected chi connectivity index (χ1v) is 13.4. The van der Waals surface area contributed by atoms with Crippen LogP contribution in [0.5, 0.6) is 5.75 Å². The summed E-state index contributed by atoms with van der Waals surface area (Å²) >= 11 is 3.35. The molecule has 35 heavy (non-hydrogen) atoms. The summed E-state index contributed by atoms with van der Waals surface area (Å²) < 4.78 is 30.1. The minimum absolute atomic E-state index is 0.104. The number of nitrogens with zero attached hydrogens (tertiary/aromatic N) is 5. The van der Waals surface area contributed by atoms with Crippen molar-refractivity contribution in [3.05, 3.63) is 70.8 Å². The molecule has 1 aliphatic rings. The van der Waals surface area contributed by atoms with E-state index in [1.807, 2.05) is 13.0 Å². The van der Waals surface area contributed by atoms with Crippen molar-refractivity contribution in [1.82, 2.24) is 18.9 Å². The van der Waals surface area contributed by atoms with Crippen LogP contribution < -0.4 is 10.9 Å². The highest BCUT2D eigenvalue weighted by Gasteiger charge is 2.33. The second-order valence-corrected chi connectivity index (χ2v) is 11.3. The molecule has 1 saturated heterocycles. The highest BCUT2D eigenvalue weighted by atomic mass is 79.9. The van der Waals surface area contributed by atoms with Crippen molar-refractivity contribution >= 4 is 37.4 Å². The van der Waals surface area contributed by atoms with Crippen molar-refractivity contribution in [3.63, 3.8) is 0 Å². The van der Waals surface area contributed by atoms with E-state index in [1.54, 1.807) is 64.3 Å². The molecular weight excluding hydrogens is 532 g/mol. The SMILES string of the molecule is Cc1cnn2c(N(N)C3CCN(S(=O)(=O)c4ccccc4Br)CC3)cc(-c3ccccc3O)nc12. The number of para-hydroxylation sites is 1. The number of aryl methyl sites for hydroxylation is 1. The van der Waals surface area contributed by atoms with Crippen molar-refractivity contribution in [3.8, 4) is 17.0 Å². The maximum absolute atomic E-state index is 13.2. The molecule has 182 valence electrons. The lowest BCUT2D eigenvalue weighted by Crippen LogP contribution is -2.50. The summed E-state index contributed by atoms with van der Waals surface area (Å²) in [6.07, 6.45) is 2.83. The average Bonchev–Trinajstić information content (AvgIpc) is 3.24. The van der Waals surface area contributed by atoms with Crippen molar-refractivity contribution in [2.75, 3.05) is 18.1 Å². The van der Waals surface area contributed by atoms with Crippen LogP contribution in [0.4, 0.5) is 5.82 Å². The van der Waals surface area contributed by atoms with Gasteiger partial charge in [0.15, 0.2) is 5.65 Å². The Balaban J connectivity index is 1.43.